The summed E-state index contributed by atoms with van der Waals surface area (Å²) >= 11 is 0. The first-order chi connectivity index (χ1) is 32.4. The molecule has 0 radical (unpaired) electrons. The molecular weight excluding hydrogens is 883 g/mol. The van der Waals surface area contributed by atoms with Crippen LogP contribution in [0.3, 0.4) is 0 Å². The molecule has 0 bridgehead atoms. The fourth-order valence-electron chi connectivity index (χ4n) is 5.77. The summed E-state index contributed by atoms with van der Waals surface area (Å²) in [6.07, 6.45) is 2.93. The smallest absolute Gasteiger partial charge is 0.312 e. The van der Waals surface area contributed by atoms with Gasteiger partial charge in [-0.15, -0.1) is 0 Å². The van der Waals surface area contributed by atoms with E-state index in [2.05, 4.69) is 26.6 Å². The van der Waals surface area contributed by atoms with Gasteiger partial charge in [0.15, 0.2) is 0 Å². The van der Waals surface area contributed by atoms with Gasteiger partial charge in [-0.3, -0.25) is 33.7 Å². The van der Waals surface area contributed by atoms with Gasteiger partial charge in [-0.25, -0.2) is 4.79 Å². The van der Waals surface area contributed by atoms with E-state index in [1.54, 1.807) is 38.1 Å². The molecule has 67 heavy (non-hydrogen) atoms. The van der Waals surface area contributed by atoms with Gasteiger partial charge >= 0.3 is 6.03 Å². The second-order valence-corrected chi connectivity index (χ2v) is 15.0. The van der Waals surface area contributed by atoms with Gasteiger partial charge in [-0.2, -0.15) is 0 Å². The Morgan fingerprint density at radius 3 is 1.54 bits per heavy atom. The van der Waals surface area contributed by atoms with E-state index in [1.165, 1.54) is 12.2 Å². The average Bonchev–Trinajstić information content (AvgIpc) is 3.63. The summed E-state index contributed by atoms with van der Waals surface area (Å²) in [5, 5.41) is 22.6. The minimum Gasteiger partial charge on any atom is -0.392 e. The molecule has 8 amide bonds. The number of urea groups is 1. The molecule has 0 aromatic heterocycles. The molecule has 0 fully saturated rings. The zero-order valence-corrected chi connectivity index (χ0v) is 38.8. The monoisotopic (exact) mass is 953 g/mol. The van der Waals surface area contributed by atoms with Crippen LogP contribution in [-0.2, 0) is 73.3 Å². The Bertz CT molecular complexity index is 1620. The van der Waals surface area contributed by atoms with E-state index >= 15 is 0 Å². The van der Waals surface area contributed by atoms with Crippen LogP contribution in [-0.4, -0.2) is 189 Å². The second-order valence-electron chi connectivity index (χ2n) is 15.0. The number of hydrogen-bond donors (Lipinski definition) is 7. The fraction of sp³-hybridized carbons (Fsp3) is 0.659. The summed E-state index contributed by atoms with van der Waals surface area (Å²) in [6, 6.07) is 3.98. The Hall–Kier alpha value is -5.11. The van der Waals surface area contributed by atoms with Crippen molar-refractivity contribution in [2.24, 2.45) is 11.7 Å². The lowest BCUT2D eigenvalue weighted by Crippen LogP contribution is -2.54. The van der Waals surface area contributed by atoms with Crippen LogP contribution in [0.25, 0.3) is 0 Å². The predicted octanol–water partition coefficient (Wildman–Crippen LogP) is -0.854. The molecule has 1 aromatic rings. The highest BCUT2D eigenvalue weighted by Crippen LogP contribution is 2.12. The fourth-order valence-corrected chi connectivity index (χ4v) is 5.77. The minimum absolute atomic E-state index is 0.00471. The summed E-state index contributed by atoms with van der Waals surface area (Å²) in [7, 11) is 0. The number of aliphatic hydroxyl groups is 1. The number of benzene rings is 1. The van der Waals surface area contributed by atoms with Crippen LogP contribution < -0.4 is 32.3 Å². The van der Waals surface area contributed by atoms with Crippen LogP contribution in [0.15, 0.2) is 36.4 Å². The Balaban J connectivity index is 1.39. The summed E-state index contributed by atoms with van der Waals surface area (Å²) < 4.78 is 43.8. The average molecular weight is 954 g/mol. The number of imide groups is 1. The van der Waals surface area contributed by atoms with Crippen molar-refractivity contribution in [3.8, 4) is 0 Å². The van der Waals surface area contributed by atoms with E-state index in [-0.39, 0.29) is 64.0 Å². The first-order valence-corrected chi connectivity index (χ1v) is 22.5. The molecule has 1 aromatic carbocycles. The van der Waals surface area contributed by atoms with Gasteiger partial charge in [-0.05, 0) is 36.5 Å². The third-order valence-corrected chi connectivity index (χ3v) is 9.38. The molecule has 1 heterocycles. The van der Waals surface area contributed by atoms with Crippen molar-refractivity contribution >= 4 is 47.2 Å². The first kappa shape index (κ1) is 58.0. The van der Waals surface area contributed by atoms with Crippen molar-refractivity contribution in [3.05, 3.63) is 42.0 Å². The molecule has 0 saturated carbocycles. The molecule has 23 heteroatoms. The molecular formula is C44H71N7O16. The van der Waals surface area contributed by atoms with E-state index in [1.807, 2.05) is 0 Å². The van der Waals surface area contributed by atoms with Crippen molar-refractivity contribution < 1.29 is 76.6 Å². The normalized spacial score (nSPS) is 13.2. The number of primary amides is 1. The van der Waals surface area contributed by atoms with Crippen molar-refractivity contribution in [1.82, 2.24) is 26.2 Å². The van der Waals surface area contributed by atoms with E-state index in [9.17, 15) is 38.7 Å². The van der Waals surface area contributed by atoms with Crippen molar-refractivity contribution in [2.75, 3.05) is 131 Å². The number of carbonyl (C=O) groups is 7. The quantitative estimate of drug-likeness (QED) is 0.0311. The molecule has 1 aliphatic heterocycles. The highest BCUT2D eigenvalue weighted by Gasteiger charge is 2.29. The van der Waals surface area contributed by atoms with Gasteiger partial charge < -0.3 is 75.3 Å². The number of nitrogens with two attached hydrogens (primary N) is 1. The number of amides is 8. The van der Waals surface area contributed by atoms with Gasteiger partial charge in [0.1, 0.15) is 12.1 Å². The standard InChI is InChI=1S/C44H71N7O16/c1-33(2)41(43(58)49-36(4-3-13-47-44(45)59)42(57)48-35-7-5-34(32-52)6-8-35)50-38(54)12-16-60-18-20-62-22-24-64-26-28-66-30-31-67-29-27-65-25-23-63-21-19-61-17-14-46-37(53)11-15-51-39(55)9-10-40(51)56/h5-10,33,36,41,52H,3-4,11-32H2,1-2H3,(H,46,53)(H,48,57)(H,49,58)(H,50,54)(H3,45,47,59)/t36-,41-/m0/s1. The molecule has 1 aliphatic rings. The molecule has 8 N–H and O–H groups in total. The number of hydrogen-bond acceptors (Lipinski definition) is 16. The van der Waals surface area contributed by atoms with Gasteiger partial charge in [0.05, 0.1) is 112 Å². The number of ether oxygens (including phenoxy) is 8. The third-order valence-electron chi connectivity index (χ3n) is 9.38. The summed E-state index contributed by atoms with van der Waals surface area (Å²) in [6.45, 7) is 9.62. The summed E-state index contributed by atoms with van der Waals surface area (Å²) in [5.41, 5.74) is 6.28. The first-order valence-electron chi connectivity index (χ1n) is 22.5. The maximum absolute atomic E-state index is 13.3. The van der Waals surface area contributed by atoms with Crippen molar-refractivity contribution in [3.63, 3.8) is 0 Å². The Kier molecular flexibility index (Phi) is 32.0. The van der Waals surface area contributed by atoms with E-state index in [0.717, 1.165) is 4.90 Å². The largest absolute Gasteiger partial charge is 0.392 e. The second kappa shape index (κ2) is 36.9. The SMILES string of the molecule is CC(C)[C@H](NC(=O)CCOCCOCCOCCOCCOCCOCCOCCOCCNC(=O)CCN1C(=O)C=CC1=O)C(=O)N[C@@H](CCCNC(N)=O)C(=O)Nc1ccc(CO)cc1. The Labute approximate surface area is 391 Å². The van der Waals surface area contributed by atoms with Crippen molar-refractivity contribution in [2.45, 2.75) is 58.2 Å². The lowest BCUT2D eigenvalue weighted by Gasteiger charge is -2.25. The van der Waals surface area contributed by atoms with Gasteiger partial charge in [0.2, 0.25) is 23.6 Å². The number of nitrogens with zero attached hydrogens (tertiary/aromatic N) is 1. The topological polar surface area (TPSA) is 303 Å². The molecule has 2 rings (SSSR count). The Morgan fingerprint density at radius 1 is 0.597 bits per heavy atom. The Morgan fingerprint density at radius 2 is 1.07 bits per heavy atom. The zero-order chi connectivity index (χ0) is 48.9. The van der Waals surface area contributed by atoms with E-state index < -0.39 is 47.7 Å². The minimum atomic E-state index is -0.978. The number of aliphatic hydroxyl groups excluding tert-OH is 1. The third kappa shape index (κ3) is 28.6. The van der Waals surface area contributed by atoms with Gasteiger partial charge in [-0.1, -0.05) is 26.0 Å². The number of anilines is 1. The van der Waals surface area contributed by atoms with Gasteiger partial charge in [0, 0.05) is 50.3 Å². The van der Waals surface area contributed by atoms with Crippen LogP contribution in [0.5, 0.6) is 0 Å². The zero-order valence-electron chi connectivity index (χ0n) is 38.8. The predicted molar refractivity (Wildman–Crippen MR) is 241 cm³/mol. The highest BCUT2D eigenvalue weighted by atomic mass is 16.6. The van der Waals surface area contributed by atoms with Crippen LogP contribution >= 0.6 is 0 Å². The van der Waals surface area contributed by atoms with E-state index in [0.29, 0.717) is 117 Å². The molecule has 0 unspecified atom stereocenters. The van der Waals surface area contributed by atoms with Crippen molar-refractivity contribution in [1.29, 1.82) is 0 Å². The maximum atomic E-state index is 13.3. The molecule has 378 valence electrons. The molecule has 23 nitrogen and oxygen atoms in total. The van der Waals surface area contributed by atoms with Crippen LogP contribution in [0.1, 0.15) is 45.1 Å². The summed E-state index contributed by atoms with van der Waals surface area (Å²) in [4.78, 5) is 86.1. The van der Waals surface area contributed by atoms with Crippen LogP contribution in [0, 0.1) is 5.92 Å². The van der Waals surface area contributed by atoms with E-state index in [4.69, 9.17) is 43.6 Å². The molecule has 0 spiro atoms. The number of rotatable bonds is 41. The highest BCUT2D eigenvalue weighted by molar-refractivity contribution is 6.13. The van der Waals surface area contributed by atoms with Crippen LogP contribution in [0.2, 0.25) is 0 Å². The van der Waals surface area contributed by atoms with Crippen LogP contribution in [0.4, 0.5) is 10.5 Å². The lowest BCUT2D eigenvalue weighted by atomic mass is 10.0. The number of carbonyl (C=O) groups excluding carboxylic acids is 7. The van der Waals surface area contributed by atoms with Gasteiger partial charge in [0.25, 0.3) is 11.8 Å². The summed E-state index contributed by atoms with van der Waals surface area (Å²) in [5.74, 6) is -2.82. The number of nitrogens with one attached hydrogen (secondary N) is 5. The molecule has 0 saturated heterocycles. The molecule has 2 atom stereocenters. The maximum Gasteiger partial charge on any atom is 0.312 e. The lowest BCUT2D eigenvalue weighted by molar-refractivity contribution is -0.137. The molecule has 0 aliphatic carbocycles.